The number of carbonyl (C=O) groups is 1. The first-order chi connectivity index (χ1) is 6.49. The maximum absolute atomic E-state index is 12.0. The lowest BCUT2D eigenvalue weighted by molar-refractivity contribution is -0.150. The van der Waals surface area contributed by atoms with Gasteiger partial charge in [0.05, 0.1) is 12.6 Å². The fraction of sp³-hybridized carbons (Fsp3) is 0.900. The average molecular weight is 199 g/mol. The summed E-state index contributed by atoms with van der Waals surface area (Å²) < 4.78 is 10.8. The zero-order valence-corrected chi connectivity index (χ0v) is 9.11. The molecule has 2 aliphatic rings. The monoisotopic (exact) mass is 199 g/mol. The van der Waals surface area contributed by atoms with Crippen LogP contribution in [0.25, 0.3) is 0 Å². The summed E-state index contributed by atoms with van der Waals surface area (Å²) in [4.78, 5) is 13.8. The van der Waals surface area contributed by atoms with Crippen LogP contribution in [-0.4, -0.2) is 42.4 Å². The molecular formula is C10H17NO3. The zero-order chi connectivity index (χ0) is 10.5. The van der Waals surface area contributed by atoms with Crippen molar-refractivity contribution < 1.29 is 14.3 Å². The molecule has 2 rings (SSSR count). The number of carbonyl (C=O) groups excluding carboxylic acids is 1. The summed E-state index contributed by atoms with van der Waals surface area (Å²) in [5.41, 5.74) is -0.469. The Morgan fingerprint density at radius 3 is 2.71 bits per heavy atom. The SMILES string of the molecule is COC1C(=O)N2C(COC2(C)C)C1C. The molecule has 0 bridgehead atoms. The summed E-state index contributed by atoms with van der Waals surface area (Å²) in [6.07, 6.45) is -0.289. The molecule has 0 N–H and O–H groups in total. The van der Waals surface area contributed by atoms with Crippen molar-refractivity contribution in [3.63, 3.8) is 0 Å². The summed E-state index contributed by atoms with van der Waals surface area (Å²) >= 11 is 0. The van der Waals surface area contributed by atoms with Crippen LogP contribution in [0.5, 0.6) is 0 Å². The van der Waals surface area contributed by atoms with E-state index in [1.54, 1.807) is 7.11 Å². The highest BCUT2D eigenvalue weighted by molar-refractivity contribution is 5.85. The van der Waals surface area contributed by atoms with Crippen LogP contribution in [0.1, 0.15) is 20.8 Å². The molecule has 0 aromatic heterocycles. The summed E-state index contributed by atoms with van der Waals surface area (Å²) in [6, 6.07) is 0.183. The number of rotatable bonds is 1. The largest absolute Gasteiger partial charge is 0.371 e. The van der Waals surface area contributed by atoms with Gasteiger partial charge in [-0.05, 0) is 13.8 Å². The summed E-state index contributed by atoms with van der Waals surface area (Å²) in [7, 11) is 1.59. The maximum atomic E-state index is 12.0. The van der Waals surface area contributed by atoms with Crippen LogP contribution in [0.15, 0.2) is 0 Å². The van der Waals surface area contributed by atoms with E-state index in [1.807, 2.05) is 25.7 Å². The predicted molar refractivity (Wildman–Crippen MR) is 50.6 cm³/mol. The van der Waals surface area contributed by atoms with Crippen molar-refractivity contribution in [2.75, 3.05) is 13.7 Å². The van der Waals surface area contributed by atoms with E-state index in [0.717, 1.165) is 0 Å². The van der Waals surface area contributed by atoms with E-state index >= 15 is 0 Å². The Kier molecular flexibility index (Phi) is 2.08. The van der Waals surface area contributed by atoms with Gasteiger partial charge in [-0.15, -0.1) is 0 Å². The second-order valence-corrected chi connectivity index (χ2v) is 4.55. The number of ether oxygens (including phenoxy) is 2. The van der Waals surface area contributed by atoms with Crippen molar-refractivity contribution in [2.45, 2.75) is 38.6 Å². The Morgan fingerprint density at radius 2 is 2.21 bits per heavy atom. The van der Waals surface area contributed by atoms with Crippen molar-refractivity contribution >= 4 is 5.91 Å². The van der Waals surface area contributed by atoms with Crippen molar-refractivity contribution in [1.82, 2.24) is 4.90 Å². The van der Waals surface area contributed by atoms with Crippen LogP contribution >= 0.6 is 0 Å². The van der Waals surface area contributed by atoms with Gasteiger partial charge in [0.15, 0.2) is 0 Å². The first kappa shape index (κ1) is 9.93. The lowest BCUT2D eigenvalue weighted by Crippen LogP contribution is -2.45. The van der Waals surface area contributed by atoms with Gasteiger partial charge in [-0.2, -0.15) is 0 Å². The van der Waals surface area contributed by atoms with E-state index in [2.05, 4.69) is 0 Å². The minimum atomic E-state index is -0.469. The van der Waals surface area contributed by atoms with E-state index < -0.39 is 5.72 Å². The third kappa shape index (κ3) is 1.10. The standard InChI is InChI=1S/C10H17NO3/c1-6-7-5-14-10(2,3)11(7)9(12)8(6)13-4/h6-8H,5H2,1-4H3. The van der Waals surface area contributed by atoms with E-state index in [1.165, 1.54) is 0 Å². The molecule has 0 saturated carbocycles. The van der Waals surface area contributed by atoms with Gasteiger partial charge in [0.25, 0.3) is 5.91 Å². The van der Waals surface area contributed by atoms with Gasteiger partial charge in [-0.1, -0.05) is 6.92 Å². The summed E-state index contributed by atoms with van der Waals surface area (Å²) in [5, 5.41) is 0. The molecule has 3 atom stereocenters. The Labute approximate surface area is 84.2 Å². The van der Waals surface area contributed by atoms with E-state index in [4.69, 9.17) is 9.47 Å². The van der Waals surface area contributed by atoms with Gasteiger partial charge in [0, 0.05) is 13.0 Å². The molecule has 2 heterocycles. The fourth-order valence-corrected chi connectivity index (χ4v) is 2.53. The molecule has 4 nitrogen and oxygen atoms in total. The summed E-state index contributed by atoms with van der Waals surface area (Å²) in [6.45, 7) is 6.52. The molecule has 0 spiro atoms. The highest BCUT2D eigenvalue weighted by atomic mass is 16.5. The second-order valence-electron chi connectivity index (χ2n) is 4.55. The molecule has 2 aliphatic heterocycles. The molecule has 80 valence electrons. The lowest BCUT2D eigenvalue weighted by Gasteiger charge is -2.29. The third-order valence-electron chi connectivity index (χ3n) is 3.34. The van der Waals surface area contributed by atoms with Crippen molar-refractivity contribution in [3.05, 3.63) is 0 Å². The van der Waals surface area contributed by atoms with Crippen LogP contribution < -0.4 is 0 Å². The molecule has 2 saturated heterocycles. The molecule has 0 radical (unpaired) electrons. The van der Waals surface area contributed by atoms with Crippen molar-refractivity contribution in [1.29, 1.82) is 0 Å². The number of hydrogen-bond donors (Lipinski definition) is 0. The molecule has 2 fully saturated rings. The predicted octanol–water partition coefficient (Wildman–Crippen LogP) is 0.615. The quantitative estimate of drug-likeness (QED) is 0.621. The second kappa shape index (κ2) is 2.94. The molecular weight excluding hydrogens is 182 g/mol. The molecule has 0 aromatic carbocycles. The third-order valence-corrected chi connectivity index (χ3v) is 3.34. The number of hydrogen-bond acceptors (Lipinski definition) is 3. The first-order valence-electron chi connectivity index (χ1n) is 4.99. The summed E-state index contributed by atoms with van der Waals surface area (Å²) in [5.74, 6) is 0.279. The van der Waals surface area contributed by atoms with Gasteiger partial charge >= 0.3 is 0 Å². The highest BCUT2D eigenvalue weighted by Crippen LogP contribution is 2.39. The van der Waals surface area contributed by atoms with Gasteiger partial charge in [-0.25, -0.2) is 0 Å². The van der Waals surface area contributed by atoms with E-state index in [0.29, 0.717) is 6.61 Å². The van der Waals surface area contributed by atoms with E-state index in [-0.39, 0.29) is 24.0 Å². The van der Waals surface area contributed by atoms with E-state index in [9.17, 15) is 4.79 Å². The van der Waals surface area contributed by atoms with Crippen LogP contribution in [-0.2, 0) is 14.3 Å². The van der Waals surface area contributed by atoms with Crippen LogP contribution in [0, 0.1) is 5.92 Å². The topological polar surface area (TPSA) is 38.8 Å². The normalized spacial score (nSPS) is 40.4. The molecule has 1 amide bonds. The van der Waals surface area contributed by atoms with Crippen molar-refractivity contribution in [3.8, 4) is 0 Å². The molecule has 4 heteroatoms. The van der Waals surface area contributed by atoms with Gasteiger partial charge in [0.1, 0.15) is 11.8 Å². The highest BCUT2D eigenvalue weighted by Gasteiger charge is 2.55. The van der Waals surface area contributed by atoms with Crippen LogP contribution in [0.3, 0.4) is 0 Å². The average Bonchev–Trinajstić information content (AvgIpc) is 2.53. The first-order valence-corrected chi connectivity index (χ1v) is 4.99. The minimum absolute atomic E-state index is 0.0625. The molecule has 14 heavy (non-hydrogen) atoms. The molecule has 0 aromatic rings. The van der Waals surface area contributed by atoms with Gasteiger partial charge < -0.3 is 14.4 Å². The smallest absolute Gasteiger partial charge is 0.254 e. The van der Waals surface area contributed by atoms with Crippen molar-refractivity contribution in [2.24, 2.45) is 5.92 Å². The zero-order valence-electron chi connectivity index (χ0n) is 9.11. The lowest BCUT2D eigenvalue weighted by atomic mass is 10.0. The minimum Gasteiger partial charge on any atom is -0.371 e. The number of amides is 1. The van der Waals surface area contributed by atoms with Crippen LogP contribution in [0.2, 0.25) is 0 Å². The Hall–Kier alpha value is -0.610. The maximum Gasteiger partial charge on any atom is 0.254 e. The fourth-order valence-electron chi connectivity index (χ4n) is 2.53. The Morgan fingerprint density at radius 1 is 1.57 bits per heavy atom. The number of nitrogens with zero attached hydrogens (tertiary/aromatic N) is 1. The van der Waals surface area contributed by atoms with Gasteiger partial charge in [-0.3, -0.25) is 4.79 Å². The number of fused-ring (bicyclic) bond motifs is 1. The van der Waals surface area contributed by atoms with Crippen LogP contribution in [0.4, 0.5) is 0 Å². The number of methoxy groups -OCH3 is 1. The Balaban J connectivity index is 2.30. The molecule has 0 aliphatic carbocycles. The Bertz CT molecular complexity index is 264. The molecule has 3 unspecified atom stereocenters. The van der Waals surface area contributed by atoms with Gasteiger partial charge in [0.2, 0.25) is 0 Å².